The smallest absolute Gasteiger partial charge is 0.272 e. The van der Waals surface area contributed by atoms with E-state index >= 15 is 0 Å². The van der Waals surface area contributed by atoms with Crippen LogP contribution in [-0.4, -0.2) is 39.5 Å². The van der Waals surface area contributed by atoms with Gasteiger partial charge in [-0.2, -0.15) is 5.10 Å². The van der Waals surface area contributed by atoms with Crippen LogP contribution in [0.2, 0.25) is 0 Å². The number of nitrogens with zero attached hydrogens (tertiary/aromatic N) is 3. The first kappa shape index (κ1) is 14.5. The van der Waals surface area contributed by atoms with Gasteiger partial charge in [-0.1, -0.05) is 30.3 Å². The Hall–Kier alpha value is -2.43. The van der Waals surface area contributed by atoms with Crippen LogP contribution in [0.5, 0.6) is 0 Å². The maximum atomic E-state index is 12.5. The molecule has 22 heavy (non-hydrogen) atoms. The van der Waals surface area contributed by atoms with Crippen molar-refractivity contribution in [3.05, 3.63) is 53.3 Å². The Kier molecular flexibility index (Phi) is 3.79. The predicted octanol–water partition coefficient (Wildman–Crippen LogP) is 2.34. The zero-order valence-electron chi connectivity index (χ0n) is 12.8. The molecule has 0 aliphatic carbocycles. The predicted molar refractivity (Wildman–Crippen MR) is 83.0 cm³/mol. The van der Waals surface area contributed by atoms with Gasteiger partial charge in [0, 0.05) is 12.6 Å². The molecule has 1 aromatic heterocycles. The van der Waals surface area contributed by atoms with Gasteiger partial charge in [-0.05, 0) is 31.9 Å². The van der Waals surface area contributed by atoms with Gasteiger partial charge in [-0.3, -0.25) is 14.3 Å². The van der Waals surface area contributed by atoms with Crippen LogP contribution >= 0.6 is 0 Å². The van der Waals surface area contributed by atoms with Gasteiger partial charge in [0.2, 0.25) is 0 Å². The van der Waals surface area contributed by atoms with Crippen LogP contribution in [0.3, 0.4) is 0 Å². The molecule has 0 bridgehead atoms. The molecule has 1 unspecified atom stereocenters. The standard InChI is InChI=1S/C17H19N3O2/c1-12(2)19-10-15(8-13-6-4-3-5-7-13)20-16(17(19)22)9-14(11-21)18-20/h3-7,9,11-12,15H,8,10H2,1-2H3. The fourth-order valence-corrected chi connectivity index (χ4v) is 2.93. The Balaban J connectivity index is 1.98. The van der Waals surface area contributed by atoms with Gasteiger partial charge in [-0.15, -0.1) is 0 Å². The molecule has 1 aliphatic rings. The largest absolute Gasteiger partial charge is 0.333 e. The zero-order chi connectivity index (χ0) is 15.7. The van der Waals surface area contributed by atoms with Gasteiger partial charge in [0.15, 0.2) is 6.29 Å². The zero-order valence-corrected chi connectivity index (χ0v) is 12.8. The lowest BCUT2D eigenvalue weighted by molar-refractivity contribution is 0.0594. The molecule has 1 aliphatic heterocycles. The minimum atomic E-state index is -0.0556. The number of benzene rings is 1. The summed E-state index contributed by atoms with van der Waals surface area (Å²) in [4.78, 5) is 25.4. The monoisotopic (exact) mass is 297 g/mol. The summed E-state index contributed by atoms with van der Waals surface area (Å²) in [5.74, 6) is -0.0556. The first-order valence-electron chi connectivity index (χ1n) is 7.49. The lowest BCUT2D eigenvalue weighted by atomic mass is 10.0. The molecule has 1 atom stereocenters. The molecule has 0 spiro atoms. The molecule has 2 aromatic rings. The highest BCUT2D eigenvalue weighted by atomic mass is 16.2. The number of aromatic nitrogens is 2. The maximum absolute atomic E-state index is 12.5. The second kappa shape index (κ2) is 5.75. The fraction of sp³-hybridized carbons (Fsp3) is 0.353. The van der Waals surface area contributed by atoms with Crippen molar-refractivity contribution in [3.63, 3.8) is 0 Å². The molecule has 0 N–H and O–H groups in total. The number of rotatable bonds is 4. The molecular formula is C17H19N3O2. The Morgan fingerprint density at radius 2 is 2.05 bits per heavy atom. The summed E-state index contributed by atoms with van der Waals surface area (Å²) in [7, 11) is 0. The lowest BCUT2D eigenvalue weighted by Gasteiger charge is -2.36. The third-order valence-electron chi connectivity index (χ3n) is 4.05. The van der Waals surface area contributed by atoms with Crippen LogP contribution in [-0.2, 0) is 6.42 Å². The molecule has 3 rings (SSSR count). The van der Waals surface area contributed by atoms with E-state index < -0.39 is 0 Å². The summed E-state index contributed by atoms with van der Waals surface area (Å²) in [6, 6.07) is 11.9. The van der Waals surface area contributed by atoms with E-state index in [2.05, 4.69) is 17.2 Å². The average Bonchev–Trinajstić information content (AvgIpc) is 2.96. The van der Waals surface area contributed by atoms with Crippen molar-refractivity contribution in [1.82, 2.24) is 14.7 Å². The molecule has 1 amide bonds. The third-order valence-corrected chi connectivity index (χ3v) is 4.05. The van der Waals surface area contributed by atoms with Crippen LogP contribution in [0.15, 0.2) is 36.4 Å². The van der Waals surface area contributed by atoms with Gasteiger partial charge >= 0.3 is 0 Å². The first-order chi connectivity index (χ1) is 10.6. The van der Waals surface area contributed by atoms with Crippen molar-refractivity contribution in [2.45, 2.75) is 32.4 Å². The number of aldehydes is 1. The molecule has 1 aromatic carbocycles. The molecule has 5 heteroatoms. The Bertz CT molecular complexity index is 691. The summed E-state index contributed by atoms with van der Waals surface area (Å²) in [6.07, 6.45) is 1.47. The van der Waals surface area contributed by atoms with Crippen LogP contribution in [0, 0.1) is 0 Å². The van der Waals surface area contributed by atoms with Crippen molar-refractivity contribution in [2.75, 3.05) is 6.54 Å². The number of fused-ring (bicyclic) bond motifs is 1. The van der Waals surface area contributed by atoms with Gasteiger partial charge in [-0.25, -0.2) is 0 Å². The third kappa shape index (κ3) is 2.54. The average molecular weight is 297 g/mol. The number of hydrogen-bond donors (Lipinski definition) is 0. The van der Waals surface area contributed by atoms with Crippen molar-refractivity contribution >= 4 is 12.2 Å². The van der Waals surface area contributed by atoms with E-state index in [1.165, 1.54) is 5.56 Å². The van der Waals surface area contributed by atoms with E-state index in [0.717, 1.165) is 6.42 Å². The van der Waals surface area contributed by atoms with E-state index in [4.69, 9.17) is 0 Å². The summed E-state index contributed by atoms with van der Waals surface area (Å²) >= 11 is 0. The molecule has 5 nitrogen and oxygen atoms in total. The summed E-state index contributed by atoms with van der Waals surface area (Å²) in [5.41, 5.74) is 2.01. The van der Waals surface area contributed by atoms with Crippen LogP contribution in [0.1, 0.15) is 46.4 Å². The molecule has 0 saturated carbocycles. The number of amides is 1. The molecule has 2 heterocycles. The second-order valence-electron chi connectivity index (χ2n) is 5.91. The van der Waals surface area contributed by atoms with Gasteiger partial charge in [0.25, 0.3) is 5.91 Å². The minimum absolute atomic E-state index is 0.0474. The highest BCUT2D eigenvalue weighted by Crippen LogP contribution is 2.26. The van der Waals surface area contributed by atoms with E-state index in [1.807, 2.05) is 36.9 Å². The van der Waals surface area contributed by atoms with E-state index in [0.29, 0.717) is 24.2 Å². The Labute approximate surface area is 129 Å². The maximum Gasteiger partial charge on any atom is 0.272 e. The van der Waals surface area contributed by atoms with Gasteiger partial charge < -0.3 is 4.90 Å². The molecule has 114 valence electrons. The van der Waals surface area contributed by atoms with Crippen LogP contribution in [0.25, 0.3) is 0 Å². The number of hydrogen-bond acceptors (Lipinski definition) is 3. The van der Waals surface area contributed by atoms with Gasteiger partial charge in [0.05, 0.1) is 6.04 Å². The number of carbonyl (C=O) groups is 2. The molecule has 0 radical (unpaired) electrons. The van der Waals surface area contributed by atoms with Gasteiger partial charge in [0.1, 0.15) is 11.4 Å². The summed E-state index contributed by atoms with van der Waals surface area (Å²) in [5, 5.41) is 4.29. The van der Waals surface area contributed by atoms with Crippen molar-refractivity contribution in [3.8, 4) is 0 Å². The highest BCUT2D eigenvalue weighted by molar-refractivity contribution is 5.95. The highest BCUT2D eigenvalue weighted by Gasteiger charge is 2.34. The summed E-state index contributed by atoms with van der Waals surface area (Å²) in [6.45, 7) is 4.62. The second-order valence-corrected chi connectivity index (χ2v) is 5.91. The first-order valence-corrected chi connectivity index (χ1v) is 7.49. The fourth-order valence-electron chi connectivity index (χ4n) is 2.93. The topological polar surface area (TPSA) is 55.2 Å². The lowest BCUT2D eigenvalue weighted by Crippen LogP contribution is -2.47. The molecule has 0 fully saturated rings. The molecular weight excluding hydrogens is 278 g/mol. The Morgan fingerprint density at radius 3 is 2.68 bits per heavy atom. The minimum Gasteiger partial charge on any atom is -0.333 e. The SMILES string of the molecule is CC(C)N1CC(Cc2ccccc2)n2nc(C=O)cc2C1=O. The van der Waals surface area contributed by atoms with Crippen molar-refractivity contribution < 1.29 is 9.59 Å². The van der Waals surface area contributed by atoms with E-state index in [1.54, 1.807) is 10.7 Å². The van der Waals surface area contributed by atoms with Crippen LogP contribution in [0.4, 0.5) is 0 Å². The van der Waals surface area contributed by atoms with Crippen molar-refractivity contribution in [1.29, 1.82) is 0 Å². The number of carbonyl (C=O) groups excluding carboxylic acids is 2. The van der Waals surface area contributed by atoms with Crippen LogP contribution < -0.4 is 0 Å². The van der Waals surface area contributed by atoms with E-state index in [9.17, 15) is 9.59 Å². The Morgan fingerprint density at radius 1 is 1.32 bits per heavy atom. The quantitative estimate of drug-likeness (QED) is 0.814. The van der Waals surface area contributed by atoms with E-state index in [-0.39, 0.29) is 18.0 Å². The molecule has 0 saturated heterocycles. The van der Waals surface area contributed by atoms with Crippen molar-refractivity contribution in [2.24, 2.45) is 0 Å². The summed E-state index contributed by atoms with van der Waals surface area (Å²) < 4.78 is 1.72. The normalized spacial score (nSPS) is 17.7.